The molecule has 8 nitrogen and oxygen atoms in total. The number of alkyl halides is 3. The normalized spacial score (nSPS) is 15.7. The minimum atomic E-state index is -5.93. The number of benzene rings is 1. The molecule has 0 atom stereocenters. The second kappa shape index (κ2) is 7.99. The molecular weight excluding hydrogens is 447 g/mol. The Labute approximate surface area is 182 Å². The molecule has 1 aromatic carbocycles. The fourth-order valence-electron chi connectivity index (χ4n) is 3.48. The Kier molecular flexibility index (Phi) is 5.47. The Hall–Kier alpha value is -3.30. The summed E-state index contributed by atoms with van der Waals surface area (Å²) >= 11 is 0. The van der Waals surface area contributed by atoms with E-state index >= 15 is 0 Å². The molecule has 0 amide bonds. The Morgan fingerprint density at radius 1 is 1.09 bits per heavy atom. The van der Waals surface area contributed by atoms with Crippen LogP contribution in [0.3, 0.4) is 0 Å². The van der Waals surface area contributed by atoms with E-state index in [1.54, 1.807) is 18.2 Å². The topological polar surface area (TPSA) is 90.9 Å². The summed E-state index contributed by atoms with van der Waals surface area (Å²) in [6, 6.07) is 10.3. The number of anilines is 1. The second-order valence-electron chi connectivity index (χ2n) is 7.38. The van der Waals surface area contributed by atoms with E-state index in [0.29, 0.717) is 11.1 Å². The lowest BCUT2D eigenvalue weighted by molar-refractivity contribution is -0.0499. The standard InChI is InChI=1S/C20H18F3N5O3S/c1-26-6-8-27(9-7-26)17-4-2-14(3-5-17)15-10-18(31-32(29,30)20(21,22)23)19-16(11-24)12-25-28(19)13-15/h2-5,10,12-13H,6-9H2,1H3. The number of fused-ring (bicyclic) bond motifs is 1. The minimum absolute atomic E-state index is 0.116. The summed E-state index contributed by atoms with van der Waals surface area (Å²) < 4.78 is 67.4. The number of nitrogens with zero attached hydrogens (tertiary/aromatic N) is 5. The van der Waals surface area contributed by atoms with E-state index in [2.05, 4.69) is 26.1 Å². The smallest absolute Gasteiger partial charge is 0.374 e. The Morgan fingerprint density at radius 2 is 1.75 bits per heavy atom. The van der Waals surface area contributed by atoms with Crippen molar-refractivity contribution in [1.82, 2.24) is 14.5 Å². The quantitative estimate of drug-likeness (QED) is 0.432. The maximum absolute atomic E-state index is 12.9. The minimum Gasteiger partial charge on any atom is -0.374 e. The Balaban J connectivity index is 1.73. The lowest BCUT2D eigenvalue weighted by Gasteiger charge is -2.34. The average molecular weight is 465 g/mol. The number of rotatable bonds is 4. The second-order valence-corrected chi connectivity index (χ2v) is 8.91. The van der Waals surface area contributed by atoms with Crippen molar-refractivity contribution in [2.24, 2.45) is 0 Å². The number of hydrogen-bond donors (Lipinski definition) is 0. The van der Waals surface area contributed by atoms with Crippen LogP contribution in [0.4, 0.5) is 18.9 Å². The number of hydrogen-bond acceptors (Lipinski definition) is 7. The summed E-state index contributed by atoms with van der Waals surface area (Å²) in [6.07, 6.45) is 2.62. The lowest BCUT2D eigenvalue weighted by atomic mass is 10.1. The summed E-state index contributed by atoms with van der Waals surface area (Å²) in [4.78, 5) is 4.46. The fourth-order valence-corrected chi connectivity index (χ4v) is 3.94. The van der Waals surface area contributed by atoms with Gasteiger partial charge in [-0.3, -0.25) is 0 Å². The molecule has 1 saturated heterocycles. The third kappa shape index (κ3) is 4.09. The monoisotopic (exact) mass is 465 g/mol. The van der Waals surface area contributed by atoms with Crippen molar-refractivity contribution in [2.75, 3.05) is 38.1 Å². The first-order valence-corrected chi connectivity index (χ1v) is 11.0. The van der Waals surface area contributed by atoms with Crippen molar-refractivity contribution in [1.29, 1.82) is 5.26 Å². The van der Waals surface area contributed by atoms with Crippen molar-refractivity contribution in [3.05, 3.63) is 48.3 Å². The van der Waals surface area contributed by atoms with Gasteiger partial charge in [-0.05, 0) is 30.8 Å². The molecule has 0 spiro atoms. The molecule has 1 aliphatic heterocycles. The zero-order chi connectivity index (χ0) is 23.1. The van der Waals surface area contributed by atoms with E-state index in [4.69, 9.17) is 0 Å². The molecule has 2 aromatic heterocycles. The number of nitriles is 1. The molecule has 0 unspecified atom stereocenters. The molecule has 1 aliphatic rings. The SMILES string of the molecule is CN1CCN(c2ccc(-c3cc(OS(=O)(=O)C(F)(F)F)c4c(C#N)cnn4c3)cc2)CC1. The largest absolute Gasteiger partial charge is 0.534 e. The number of halogens is 3. The molecule has 1 fully saturated rings. The number of aromatic nitrogens is 2. The van der Waals surface area contributed by atoms with Crippen LogP contribution in [0.2, 0.25) is 0 Å². The van der Waals surface area contributed by atoms with Gasteiger partial charge in [0.1, 0.15) is 17.1 Å². The highest BCUT2D eigenvalue weighted by atomic mass is 32.2. The van der Waals surface area contributed by atoms with Crippen LogP contribution in [-0.4, -0.2) is 61.7 Å². The Morgan fingerprint density at radius 3 is 2.34 bits per heavy atom. The van der Waals surface area contributed by atoms with Crippen LogP contribution in [-0.2, 0) is 10.1 Å². The van der Waals surface area contributed by atoms with Crippen molar-refractivity contribution < 1.29 is 25.8 Å². The molecule has 0 bridgehead atoms. The first-order valence-electron chi connectivity index (χ1n) is 9.55. The molecule has 0 aliphatic carbocycles. The van der Waals surface area contributed by atoms with Gasteiger partial charge in [0.15, 0.2) is 5.75 Å². The summed E-state index contributed by atoms with van der Waals surface area (Å²) in [7, 11) is -3.87. The van der Waals surface area contributed by atoms with Crippen LogP contribution >= 0.6 is 0 Å². The third-order valence-electron chi connectivity index (χ3n) is 5.25. The number of likely N-dealkylation sites (N-methyl/N-ethyl adjacent to an activating group) is 1. The van der Waals surface area contributed by atoms with Gasteiger partial charge < -0.3 is 14.0 Å². The van der Waals surface area contributed by atoms with Crippen LogP contribution in [0.15, 0.2) is 42.7 Å². The highest BCUT2D eigenvalue weighted by molar-refractivity contribution is 7.88. The summed E-state index contributed by atoms with van der Waals surface area (Å²) in [5.74, 6) is -0.628. The van der Waals surface area contributed by atoms with Gasteiger partial charge in [-0.25, -0.2) is 4.52 Å². The van der Waals surface area contributed by atoms with Crippen molar-refractivity contribution >= 4 is 21.3 Å². The molecule has 3 aromatic rings. The maximum Gasteiger partial charge on any atom is 0.534 e. The van der Waals surface area contributed by atoms with E-state index in [-0.39, 0.29) is 11.1 Å². The van der Waals surface area contributed by atoms with Gasteiger partial charge in [0.2, 0.25) is 0 Å². The van der Waals surface area contributed by atoms with Gasteiger partial charge in [-0.2, -0.15) is 31.9 Å². The van der Waals surface area contributed by atoms with Gasteiger partial charge >= 0.3 is 15.6 Å². The van der Waals surface area contributed by atoms with Gasteiger partial charge in [0.05, 0.1) is 6.20 Å². The molecule has 12 heteroatoms. The molecular formula is C20H18F3N5O3S. The van der Waals surface area contributed by atoms with Crippen molar-refractivity contribution in [3.63, 3.8) is 0 Å². The van der Waals surface area contributed by atoms with Gasteiger partial charge in [0, 0.05) is 43.6 Å². The molecule has 168 valence electrons. The summed E-state index contributed by atoms with van der Waals surface area (Å²) in [5, 5.41) is 13.2. The first kappa shape index (κ1) is 21.9. The van der Waals surface area contributed by atoms with E-state index in [0.717, 1.165) is 48.6 Å². The van der Waals surface area contributed by atoms with Crippen LogP contribution in [0.5, 0.6) is 5.75 Å². The summed E-state index contributed by atoms with van der Waals surface area (Å²) in [5.41, 5.74) is -3.90. The molecule has 0 saturated carbocycles. The molecule has 3 heterocycles. The molecule has 0 radical (unpaired) electrons. The zero-order valence-electron chi connectivity index (χ0n) is 16.9. The van der Waals surface area contributed by atoms with Gasteiger partial charge in [-0.1, -0.05) is 12.1 Å². The zero-order valence-corrected chi connectivity index (χ0v) is 17.7. The first-order chi connectivity index (χ1) is 15.1. The molecule has 4 rings (SSSR count). The highest BCUT2D eigenvalue weighted by Crippen LogP contribution is 2.34. The number of pyridine rings is 1. The van der Waals surface area contributed by atoms with Crippen LogP contribution in [0.25, 0.3) is 16.6 Å². The van der Waals surface area contributed by atoms with Gasteiger partial charge in [-0.15, -0.1) is 0 Å². The van der Waals surface area contributed by atoms with E-state index in [1.165, 1.54) is 6.20 Å². The van der Waals surface area contributed by atoms with Crippen molar-refractivity contribution in [2.45, 2.75) is 5.51 Å². The van der Waals surface area contributed by atoms with Crippen LogP contribution in [0.1, 0.15) is 5.56 Å². The molecule has 0 N–H and O–H groups in total. The molecule has 32 heavy (non-hydrogen) atoms. The fraction of sp³-hybridized carbons (Fsp3) is 0.300. The van der Waals surface area contributed by atoms with Crippen LogP contribution in [0, 0.1) is 11.3 Å². The predicted molar refractivity (Wildman–Crippen MR) is 111 cm³/mol. The highest BCUT2D eigenvalue weighted by Gasteiger charge is 2.49. The Bertz CT molecular complexity index is 1290. The van der Waals surface area contributed by atoms with E-state index in [1.807, 2.05) is 12.1 Å². The van der Waals surface area contributed by atoms with Crippen molar-refractivity contribution in [3.8, 4) is 22.9 Å². The predicted octanol–water partition coefficient (Wildman–Crippen LogP) is 2.85. The maximum atomic E-state index is 12.9. The average Bonchev–Trinajstić information content (AvgIpc) is 3.17. The number of piperazine rings is 1. The van der Waals surface area contributed by atoms with E-state index < -0.39 is 21.4 Å². The lowest BCUT2D eigenvalue weighted by Crippen LogP contribution is -2.44. The van der Waals surface area contributed by atoms with E-state index in [9.17, 15) is 26.9 Å². The van der Waals surface area contributed by atoms with Gasteiger partial charge in [0.25, 0.3) is 0 Å². The summed E-state index contributed by atoms with van der Waals surface area (Å²) in [6.45, 7) is 3.62. The third-order valence-corrected chi connectivity index (χ3v) is 6.22. The van der Waals surface area contributed by atoms with Crippen LogP contribution < -0.4 is 9.08 Å².